The fraction of sp³-hybridized carbons (Fsp3) is 0.463. The number of fused-ring (bicyclic) bond motifs is 1. The molecule has 0 radical (unpaired) electrons. The van der Waals surface area contributed by atoms with Crippen molar-refractivity contribution in [2.75, 3.05) is 60.9 Å². The van der Waals surface area contributed by atoms with Gasteiger partial charge in [-0.2, -0.15) is 5.26 Å². The van der Waals surface area contributed by atoms with E-state index in [1.165, 1.54) is 0 Å². The highest BCUT2D eigenvalue weighted by molar-refractivity contribution is 6.31. The maximum atomic E-state index is 13.3. The van der Waals surface area contributed by atoms with E-state index in [1.54, 1.807) is 30.3 Å². The number of hydrogen-bond acceptors (Lipinski definition) is 12. The number of piperidine rings is 2. The van der Waals surface area contributed by atoms with Crippen LogP contribution in [0.4, 0.5) is 17.3 Å². The Morgan fingerprint density at radius 3 is 2.28 bits per heavy atom. The summed E-state index contributed by atoms with van der Waals surface area (Å²) in [6, 6.07) is 15.2. The third-order valence-electron chi connectivity index (χ3n) is 11.9. The standard InChI is InChI=1S/C41H44ClN9O6/c42-33-22-30(7-3-27(33)23-43)57-29-5-1-26(2-6-29)38(53)44-35-10-11-36(47-46-35)50-15-13-25(14-16-50)24-48-17-19-49(20-18-48)28-4-8-31-32(21-28)41(56)51(40(31)55)34-9-12-37(52)45-39(34)54/h3-4,7-8,10-11,21-22,25-26,29,34H,1-2,5-6,9,12-20,24H2,(H,44,46,53)(H,45,52,54). The van der Waals surface area contributed by atoms with E-state index in [0.29, 0.717) is 46.5 Å². The van der Waals surface area contributed by atoms with Gasteiger partial charge in [0.1, 0.15) is 17.9 Å². The molecule has 15 nitrogen and oxygen atoms in total. The number of rotatable bonds is 9. The quantitative estimate of drug-likeness (QED) is 0.298. The smallest absolute Gasteiger partial charge is 0.262 e. The molecule has 0 bridgehead atoms. The number of nitrogens with one attached hydrogen (secondary N) is 2. The molecule has 2 N–H and O–H groups in total. The van der Waals surface area contributed by atoms with Gasteiger partial charge in [-0.3, -0.25) is 39.1 Å². The van der Waals surface area contributed by atoms with Crippen molar-refractivity contribution in [1.29, 1.82) is 5.26 Å². The van der Waals surface area contributed by atoms with E-state index in [4.69, 9.17) is 21.6 Å². The zero-order valence-corrected chi connectivity index (χ0v) is 32.2. The minimum absolute atomic E-state index is 0.0133. The number of ether oxygens (including phenoxy) is 1. The fourth-order valence-corrected chi connectivity index (χ4v) is 8.85. The van der Waals surface area contributed by atoms with Gasteiger partial charge in [0.25, 0.3) is 11.8 Å². The summed E-state index contributed by atoms with van der Waals surface area (Å²) < 4.78 is 6.06. The van der Waals surface area contributed by atoms with Gasteiger partial charge in [0.15, 0.2) is 11.6 Å². The van der Waals surface area contributed by atoms with Crippen LogP contribution in [0.1, 0.15) is 77.6 Å². The Morgan fingerprint density at radius 2 is 1.60 bits per heavy atom. The van der Waals surface area contributed by atoms with Crippen LogP contribution in [0, 0.1) is 23.2 Å². The summed E-state index contributed by atoms with van der Waals surface area (Å²) >= 11 is 6.14. The molecule has 4 fully saturated rings. The summed E-state index contributed by atoms with van der Waals surface area (Å²) in [6.07, 6.45) is 5.16. The van der Waals surface area contributed by atoms with Crippen LogP contribution in [-0.2, 0) is 14.4 Å². The van der Waals surface area contributed by atoms with Crippen molar-refractivity contribution >= 4 is 58.5 Å². The van der Waals surface area contributed by atoms with Crippen LogP contribution in [0.15, 0.2) is 48.5 Å². The molecule has 57 heavy (non-hydrogen) atoms. The molecule has 3 aromatic rings. The van der Waals surface area contributed by atoms with Gasteiger partial charge in [0.2, 0.25) is 17.7 Å². The van der Waals surface area contributed by atoms with Crippen molar-refractivity contribution < 1.29 is 28.7 Å². The first-order valence-electron chi connectivity index (χ1n) is 19.7. The highest BCUT2D eigenvalue weighted by atomic mass is 35.5. The second kappa shape index (κ2) is 16.5. The molecule has 16 heteroatoms. The van der Waals surface area contributed by atoms with Gasteiger partial charge in [-0.15, -0.1) is 10.2 Å². The van der Waals surface area contributed by atoms with E-state index in [1.807, 2.05) is 24.3 Å². The summed E-state index contributed by atoms with van der Waals surface area (Å²) in [7, 11) is 0. The molecule has 4 aliphatic heterocycles. The molecule has 5 amide bonds. The predicted molar refractivity (Wildman–Crippen MR) is 210 cm³/mol. The van der Waals surface area contributed by atoms with Crippen LogP contribution in [0.2, 0.25) is 5.02 Å². The number of amides is 5. The minimum Gasteiger partial charge on any atom is -0.490 e. The zero-order chi connectivity index (χ0) is 39.6. The van der Waals surface area contributed by atoms with E-state index in [2.05, 4.69) is 35.5 Å². The third kappa shape index (κ3) is 8.29. The maximum Gasteiger partial charge on any atom is 0.262 e. The number of halogens is 1. The summed E-state index contributed by atoms with van der Waals surface area (Å²) in [5.41, 5.74) is 1.87. The molecule has 1 unspecified atom stereocenters. The number of nitriles is 1. The third-order valence-corrected chi connectivity index (χ3v) is 12.2. The second-order valence-corrected chi connectivity index (χ2v) is 15.9. The highest BCUT2D eigenvalue weighted by Crippen LogP contribution is 2.33. The molecule has 1 atom stereocenters. The molecule has 1 saturated carbocycles. The van der Waals surface area contributed by atoms with Crippen LogP contribution in [0.3, 0.4) is 0 Å². The average molecular weight is 794 g/mol. The Bertz CT molecular complexity index is 2100. The number of benzene rings is 2. The number of carbonyl (C=O) groups is 5. The highest BCUT2D eigenvalue weighted by Gasteiger charge is 2.45. The van der Waals surface area contributed by atoms with Crippen LogP contribution in [0.25, 0.3) is 0 Å². The van der Waals surface area contributed by atoms with Gasteiger partial charge >= 0.3 is 0 Å². The summed E-state index contributed by atoms with van der Waals surface area (Å²) in [4.78, 5) is 71.4. The monoisotopic (exact) mass is 793 g/mol. The second-order valence-electron chi connectivity index (χ2n) is 15.5. The number of nitrogens with zero attached hydrogens (tertiary/aromatic N) is 7. The molecule has 0 spiro atoms. The molecule has 296 valence electrons. The Labute approximate surface area is 335 Å². The van der Waals surface area contributed by atoms with Crippen LogP contribution >= 0.6 is 11.6 Å². The lowest BCUT2D eigenvalue weighted by Gasteiger charge is -2.39. The van der Waals surface area contributed by atoms with Gasteiger partial charge in [-0.25, -0.2) is 0 Å². The molecular formula is C41H44ClN9O6. The lowest BCUT2D eigenvalue weighted by molar-refractivity contribution is -0.136. The topological polar surface area (TPSA) is 181 Å². The number of carbonyl (C=O) groups excluding carboxylic acids is 5. The first-order valence-corrected chi connectivity index (χ1v) is 20.1. The van der Waals surface area contributed by atoms with Crippen molar-refractivity contribution in [1.82, 2.24) is 25.3 Å². The van der Waals surface area contributed by atoms with Crippen molar-refractivity contribution in [3.05, 3.63) is 70.2 Å². The predicted octanol–water partition coefficient (Wildman–Crippen LogP) is 4.02. The Morgan fingerprint density at radius 1 is 0.842 bits per heavy atom. The molecule has 3 saturated heterocycles. The van der Waals surface area contributed by atoms with Crippen molar-refractivity contribution in [2.45, 2.75) is 63.5 Å². The van der Waals surface area contributed by atoms with E-state index >= 15 is 0 Å². The molecule has 5 aliphatic rings. The number of hydrogen-bond donors (Lipinski definition) is 2. The first kappa shape index (κ1) is 38.3. The number of aromatic nitrogens is 2. The van der Waals surface area contributed by atoms with Gasteiger partial charge < -0.3 is 19.9 Å². The average Bonchev–Trinajstić information content (AvgIpc) is 3.47. The maximum absolute atomic E-state index is 13.3. The number of imide groups is 2. The molecule has 5 heterocycles. The number of piperazine rings is 1. The van der Waals surface area contributed by atoms with E-state index < -0.39 is 29.7 Å². The normalized spacial score (nSPS) is 23.2. The molecule has 1 aliphatic carbocycles. The van der Waals surface area contributed by atoms with Gasteiger partial charge in [-0.1, -0.05) is 11.6 Å². The van der Waals surface area contributed by atoms with Crippen molar-refractivity contribution in [3.63, 3.8) is 0 Å². The van der Waals surface area contributed by atoms with Crippen LogP contribution < -0.4 is 25.2 Å². The van der Waals surface area contributed by atoms with Gasteiger partial charge in [-0.05, 0) is 93.3 Å². The molecule has 2 aromatic carbocycles. The minimum atomic E-state index is -0.976. The lowest BCUT2D eigenvalue weighted by Crippen LogP contribution is -2.54. The fourth-order valence-electron chi connectivity index (χ4n) is 8.64. The Hall–Kier alpha value is -5.59. The summed E-state index contributed by atoms with van der Waals surface area (Å²) in [6.45, 7) is 6.11. The first-order chi connectivity index (χ1) is 27.6. The summed E-state index contributed by atoms with van der Waals surface area (Å²) in [5, 5.41) is 23.4. The van der Waals surface area contributed by atoms with E-state index in [-0.39, 0.29) is 36.3 Å². The lowest BCUT2D eigenvalue weighted by atomic mass is 9.86. The van der Waals surface area contributed by atoms with Crippen molar-refractivity contribution in [3.8, 4) is 11.8 Å². The summed E-state index contributed by atoms with van der Waals surface area (Å²) in [5.74, 6) is 0.247. The van der Waals surface area contributed by atoms with Gasteiger partial charge in [0.05, 0.1) is 27.8 Å². The van der Waals surface area contributed by atoms with E-state index in [9.17, 15) is 24.0 Å². The number of anilines is 3. The molecular weight excluding hydrogens is 750 g/mol. The molecule has 8 rings (SSSR count). The van der Waals surface area contributed by atoms with E-state index in [0.717, 1.165) is 87.9 Å². The molecule has 1 aromatic heterocycles. The zero-order valence-electron chi connectivity index (χ0n) is 31.5. The van der Waals surface area contributed by atoms with Crippen molar-refractivity contribution in [2.24, 2.45) is 11.8 Å². The Kier molecular flexibility index (Phi) is 11.1. The van der Waals surface area contributed by atoms with Crippen LogP contribution in [0.5, 0.6) is 5.75 Å². The Balaban J connectivity index is 0.751. The van der Waals surface area contributed by atoms with Gasteiger partial charge in [0, 0.05) is 69.9 Å². The SMILES string of the molecule is N#Cc1ccc(OC2CCC(C(=O)Nc3ccc(N4CCC(CN5CCN(c6ccc7c(c6)C(=O)N(C6CCC(=O)NC6=O)C7=O)CC5)CC4)nn3)CC2)cc1Cl. The largest absolute Gasteiger partial charge is 0.490 e. The van der Waals surface area contributed by atoms with Crippen LogP contribution in [-0.4, -0.2) is 107 Å².